The average Bonchev–Trinajstić information content (AvgIpc) is 2.97. The van der Waals surface area contributed by atoms with Gasteiger partial charge >= 0.3 is 0 Å². The van der Waals surface area contributed by atoms with Gasteiger partial charge in [0.2, 0.25) is 0 Å². The standard InChI is InChI=1S/C17H23NO4/c1-17(2)10-21-14-6-5-12(8-15(14)22-11-17)16(19)18-9-13-4-3-7-20-13/h5-6,8,13H,3-4,7,9-11H2,1-2H3,(H,18,19)/t13-/m1/s1. The van der Waals surface area contributed by atoms with Crippen molar-refractivity contribution in [3.05, 3.63) is 23.8 Å². The minimum Gasteiger partial charge on any atom is -0.489 e. The smallest absolute Gasteiger partial charge is 0.251 e. The van der Waals surface area contributed by atoms with E-state index in [0.717, 1.165) is 19.4 Å². The molecule has 5 nitrogen and oxygen atoms in total. The van der Waals surface area contributed by atoms with Gasteiger partial charge in [-0.25, -0.2) is 0 Å². The monoisotopic (exact) mass is 305 g/mol. The van der Waals surface area contributed by atoms with E-state index in [1.165, 1.54) is 0 Å². The summed E-state index contributed by atoms with van der Waals surface area (Å²) in [7, 11) is 0. The summed E-state index contributed by atoms with van der Waals surface area (Å²) in [5.74, 6) is 1.22. The van der Waals surface area contributed by atoms with E-state index in [1.807, 2.05) is 0 Å². The molecule has 0 unspecified atom stereocenters. The number of carbonyl (C=O) groups excluding carboxylic acids is 1. The molecule has 1 N–H and O–H groups in total. The molecule has 5 heteroatoms. The number of rotatable bonds is 3. The molecular weight excluding hydrogens is 282 g/mol. The summed E-state index contributed by atoms with van der Waals surface area (Å²) in [6, 6.07) is 5.32. The highest BCUT2D eigenvalue weighted by molar-refractivity contribution is 5.94. The van der Waals surface area contributed by atoms with Crippen molar-refractivity contribution in [1.29, 1.82) is 0 Å². The molecule has 1 amide bonds. The Morgan fingerprint density at radius 2 is 2.05 bits per heavy atom. The van der Waals surface area contributed by atoms with E-state index in [4.69, 9.17) is 14.2 Å². The van der Waals surface area contributed by atoms with Gasteiger partial charge in [-0.1, -0.05) is 13.8 Å². The van der Waals surface area contributed by atoms with Gasteiger partial charge < -0.3 is 19.5 Å². The van der Waals surface area contributed by atoms with Crippen molar-refractivity contribution in [2.75, 3.05) is 26.4 Å². The van der Waals surface area contributed by atoms with Gasteiger partial charge in [-0.15, -0.1) is 0 Å². The van der Waals surface area contributed by atoms with Crippen LogP contribution < -0.4 is 14.8 Å². The van der Waals surface area contributed by atoms with E-state index in [-0.39, 0.29) is 17.4 Å². The SMILES string of the molecule is CC1(C)COc2ccc(C(=O)NC[C@H]3CCCO3)cc2OC1. The molecule has 1 aromatic carbocycles. The fourth-order valence-corrected chi connectivity index (χ4v) is 2.58. The second-order valence-corrected chi connectivity index (χ2v) is 6.75. The average molecular weight is 305 g/mol. The van der Waals surface area contributed by atoms with Crippen LogP contribution >= 0.6 is 0 Å². The van der Waals surface area contributed by atoms with E-state index >= 15 is 0 Å². The number of amides is 1. The Labute approximate surface area is 130 Å². The van der Waals surface area contributed by atoms with Crippen LogP contribution in [0, 0.1) is 5.41 Å². The number of ether oxygens (including phenoxy) is 3. The van der Waals surface area contributed by atoms with Crippen LogP contribution in [0.2, 0.25) is 0 Å². The van der Waals surface area contributed by atoms with Gasteiger partial charge in [-0.3, -0.25) is 4.79 Å². The molecule has 1 fully saturated rings. The Balaban J connectivity index is 1.65. The zero-order valence-electron chi connectivity index (χ0n) is 13.2. The molecule has 0 radical (unpaired) electrons. The van der Waals surface area contributed by atoms with E-state index in [9.17, 15) is 4.79 Å². The van der Waals surface area contributed by atoms with Gasteiger partial charge in [-0.05, 0) is 31.0 Å². The first-order chi connectivity index (χ1) is 10.5. The van der Waals surface area contributed by atoms with Crippen LogP contribution in [0.1, 0.15) is 37.0 Å². The van der Waals surface area contributed by atoms with Crippen molar-refractivity contribution in [2.24, 2.45) is 5.41 Å². The molecule has 0 aliphatic carbocycles. The number of hydrogen-bond donors (Lipinski definition) is 1. The third-order valence-corrected chi connectivity index (χ3v) is 3.96. The second kappa shape index (κ2) is 6.16. The van der Waals surface area contributed by atoms with Crippen LogP contribution in [-0.2, 0) is 4.74 Å². The molecule has 22 heavy (non-hydrogen) atoms. The maximum absolute atomic E-state index is 12.2. The van der Waals surface area contributed by atoms with E-state index in [1.54, 1.807) is 18.2 Å². The van der Waals surface area contributed by atoms with Crippen LogP contribution in [-0.4, -0.2) is 38.4 Å². The van der Waals surface area contributed by atoms with Gasteiger partial charge in [0.25, 0.3) is 5.91 Å². The van der Waals surface area contributed by atoms with Crippen molar-refractivity contribution in [2.45, 2.75) is 32.8 Å². The van der Waals surface area contributed by atoms with Crippen LogP contribution in [0.4, 0.5) is 0 Å². The molecule has 1 atom stereocenters. The highest BCUT2D eigenvalue weighted by Crippen LogP contribution is 2.34. The lowest BCUT2D eigenvalue weighted by Crippen LogP contribution is -2.31. The van der Waals surface area contributed by atoms with Gasteiger partial charge in [0.15, 0.2) is 11.5 Å². The molecule has 0 aromatic heterocycles. The van der Waals surface area contributed by atoms with Crippen LogP contribution in [0.3, 0.4) is 0 Å². The molecule has 0 spiro atoms. The van der Waals surface area contributed by atoms with Crippen molar-refractivity contribution in [3.63, 3.8) is 0 Å². The topological polar surface area (TPSA) is 56.8 Å². The third-order valence-electron chi connectivity index (χ3n) is 3.96. The predicted molar refractivity (Wildman–Crippen MR) is 82.5 cm³/mol. The van der Waals surface area contributed by atoms with Crippen LogP contribution in [0.25, 0.3) is 0 Å². The van der Waals surface area contributed by atoms with Gasteiger partial charge in [0, 0.05) is 24.1 Å². The zero-order valence-corrected chi connectivity index (χ0v) is 13.2. The third kappa shape index (κ3) is 3.53. The lowest BCUT2D eigenvalue weighted by Gasteiger charge is -2.19. The van der Waals surface area contributed by atoms with Crippen LogP contribution in [0.15, 0.2) is 18.2 Å². The summed E-state index contributed by atoms with van der Waals surface area (Å²) in [6.45, 7) is 6.70. The normalized spacial score (nSPS) is 22.9. The Bertz CT molecular complexity index is 550. The Kier molecular flexibility index (Phi) is 4.25. The predicted octanol–water partition coefficient (Wildman–Crippen LogP) is 2.39. The molecular formula is C17H23NO4. The molecule has 2 heterocycles. The number of hydrogen-bond acceptors (Lipinski definition) is 4. The molecule has 0 bridgehead atoms. The van der Waals surface area contributed by atoms with Gasteiger partial charge in [-0.2, -0.15) is 0 Å². The lowest BCUT2D eigenvalue weighted by atomic mass is 9.97. The molecule has 3 rings (SSSR count). The zero-order chi connectivity index (χ0) is 15.6. The highest BCUT2D eigenvalue weighted by Gasteiger charge is 2.26. The summed E-state index contributed by atoms with van der Waals surface area (Å²) in [5, 5.41) is 2.92. The van der Waals surface area contributed by atoms with Crippen molar-refractivity contribution in [3.8, 4) is 11.5 Å². The first-order valence-electron chi connectivity index (χ1n) is 7.83. The summed E-state index contributed by atoms with van der Waals surface area (Å²) in [6.07, 6.45) is 2.22. The van der Waals surface area contributed by atoms with E-state index in [0.29, 0.717) is 36.8 Å². The fourth-order valence-electron chi connectivity index (χ4n) is 2.58. The summed E-state index contributed by atoms with van der Waals surface area (Å²) >= 11 is 0. The number of fused-ring (bicyclic) bond motifs is 1. The maximum Gasteiger partial charge on any atom is 0.251 e. The van der Waals surface area contributed by atoms with Crippen molar-refractivity contribution < 1.29 is 19.0 Å². The largest absolute Gasteiger partial charge is 0.489 e. The number of carbonyl (C=O) groups is 1. The summed E-state index contributed by atoms with van der Waals surface area (Å²) < 4.78 is 17.1. The first kappa shape index (κ1) is 15.2. The van der Waals surface area contributed by atoms with E-state index in [2.05, 4.69) is 19.2 Å². The quantitative estimate of drug-likeness (QED) is 0.931. The number of nitrogens with one attached hydrogen (secondary N) is 1. The summed E-state index contributed by atoms with van der Waals surface area (Å²) in [4.78, 5) is 12.2. The van der Waals surface area contributed by atoms with Crippen molar-refractivity contribution >= 4 is 5.91 Å². The minimum atomic E-state index is -0.106. The molecule has 1 aromatic rings. The fraction of sp³-hybridized carbons (Fsp3) is 0.588. The van der Waals surface area contributed by atoms with Crippen LogP contribution in [0.5, 0.6) is 11.5 Å². The maximum atomic E-state index is 12.2. The Morgan fingerprint density at radius 3 is 2.77 bits per heavy atom. The lowest BCUT2D eigenvalue weighted by molar-refractivity contribution is 0.0857. The number of benzene rings is 1. The highest BCUT2D eigenvalue weighted by atomic mass is 16.5. The van der Waals surface area contributed by atoms with Gasteiger partial charge in [0.1, 0.15) is 0 Å². The second-order valence-electron chi connectivity index (χ2n) is 6.75. The van der Waals surface area contributed by atoms with E-state index < -0.39 is 0 Å². The first-order valence-corrected chi connectivity index (χ1v) is 7.83. The molecule has 1 saturated heterocycles. The molecule has 0 saturated carbocycles. The Hall–Kier alpha value is -1.75. The van der Waals surface area contributed by atoms with Crippen molar-refractivity contribution in [1.82, 2.24) is 5.32 Å². The molecule has 120 valence electrons. The molecule has 2 aliphatic heterocycles. The molecule has 2 aliphatic rings. The Morgan fingerprint density at radius 1 is 1.27 bits per heavy atom. The van der Waals surface area contributed by atoms with Gasteiger partial charge in [0.05, 0.1) is 19.3 Å². The summed E-state index contributed by atoms with van der Waals surface area (Å²) in [5.41, 5.74) is 0.543. The minimum absolute atomic E-state index is 0.0404.